The van der Waals surface area contributed by atoms with Gasteiger partial charge >= 0.3 is 12.0 Å². The first-order chi connectivity index (χ1) is 18.5. The van der Waals surface area contributed by atoms with Crippen LogP contribution in [0.4, 0.5) is 10.5 Å². The molecule has 4 aromatic rings. The minimum atomic E-state index is -0.414. The zero-order valence-electron chi connectivity index (χ0n) is 21.1. The van der Waals surface area contributed by atoms with Gasteiger partial charge in [0.05, 0.1) is 30.5 Å². The van der Waals surface area contributed by atoms with Gasteiger partial charge in [-0.3, -0.25) is 0 Å². The van der Waals surface area contributed by atoms with Gasteiger partial charge in [-0.1, -0.05) is 29.8 Å². The number of nitrogens with one attached hydrogen (secondary N) is 1. The molecule has 0 fully saturated rings. The highest BCUT2D eigenvalue weighted by Gasteiger charge is 2.36. The van der Waals surface area contributed by atoms with Crippen LogP contribution in [0.25, 0.3) is 5.00 Å². The molecular formula is C30H28ClN3O3S. The first kappa shape index (κ1) is 24.8. The molecule has 194 valence electrons. The summed E-state index contributed by atoms with van der Waals surface area (Å²) in [6.07, 6.45) is 6.60. The normalized spacial score (nSPS) is 16.2. The van der Waals surface area contributed by atoms with Gasteiger partial charge < -0.3 is 19.5 Å². The molecule has 1 aliphatic carbocycles. The Morgan fingerprint density at radius 1 is 1.05 bits per heavy atom. The van der Waals surface area contributed by atoms with Gasteiger partial charge in [0.15, 0.2) is 0 Å². The number of nitrogens with zero attached hydrogens (tertiary/aromatic N) is 2. The van der Waals surface area contributed by atoms with Crippen molar-refractivity contribution in [3.63, 3.8) is 0 Å². The lowest BCUT2D eigenvalue weighted by Gasteiger charge is -2.31. The Morgan fingerprint density at radius 3 is 2.74 bits per heavy atom. The Morgan fingerprint density at radius 2 is 1.89 bits per heavy atom. The number of halogens is 1. The summed E-state index contributed by atoms with van der Waals surface area (Å²) in [5.41, 5.74) is 5.51. The number of esters is 1. The van der Waals surface area contributed by atoms with E-state index in [1.807, 2.05) is 46.6 Å². The molecule has 0 spiro atoms. The average Bonchev–Trinajstić information content (AvgIpc) is 3.51. The molecule has 2 amide bonds. The van der Waals surface area contributed by atoms with Crippen molar-refractivity contribution in [1.82, 2.24) is 9.47 Å². The summed E-state index contributed by atoms with van der Waals surface area (Å²) >= 11 is 8.28. The summed E-state index contributed by atoms with van der Waals surface area (Å²) in [7, 11) is 0. The summed E-state index contributed by atoms with van der Waals surface area (Å²) in [5.74, 6) is -0.414. The van der Waals surface area contributed by atoms with E-state index in [1.165, 1.54) is 33.8 Å². The summed E-state index contributed by atoms with van der Waals surface area (Å²) < 4.78 is 7.39. The SMILES string of the molecule is CCOC(=O)c1cccc(NC(=O)N2Cc3c(sc4c3CCCC4)-n3cccc3[C@@H]2c2cccc(Cl)c2)c1. The largest absolute Gasteiger partial charge is 0.462 e. The van der Waals surface area contributed by atoms with E-state index in [9.17, 15) is 9.59 Å². The summed E-state index contributed by atoms with van der Waals surface area (Å²) in [5, 5.41) is 4.88. The van der Waals surface area contributed by atoms with Gasteiger partial charge in [-0.25, -0.2) is 9.59 Å². The Bertz CT molecular complexity index is 1520. The fourth-order valence-corrected chi connectivity index (χ4v) is 7.15. The van der Waals surface area contributed by atoms with Crippen molar-refractivity contribution in [3.8, 4) is 5.00 Å². The fourth-order valence-electron chi connectivity index (χ4n) is 5.55. The van der Waals surface area contributed by atoms with E-state index < -0.39 is 5.97 Å². The Kier molecular flexibility index (Phi) is 6.72. The average molecular weight is 546 g/mol. The van der Waals surface area contributed by atoms with Gasteiger partial charge in [-0.2, -0.15) is 0 Å². The molecule has 2 aliphatic rings. The molecular weight excluding hydrogens is 518 g/mol. The number of carbonyl (C=O) groups excluding carboxylic acids is 2. The lowest BCUT2D eigenvalue weighted by Crippen LogP contribution is -2.38. The minimum absolute atomic E-state index is 0.243. The van der Waals surface area contributed by atoms with E-state index in [4.69, 9.17) is 16.3 Å². The third kappa shape index (κ3) is 4.50. The molecule has 38 heavy (non-hydrogen) atoms. The second-order valence-electron chi connectivity index (χ2n) is 9.61. The van der Waals surface area contributed by atoms with Crippen molar-refractivity contribution in [1.29, 1.82) is 0 Å². The van der Waals surface area contributed by atoms with Crippen LogP contribution in [0, 0.1) is 0 Å². The molecule has 8 heteroatoms. The van der Waals surface area contributed by atoms with Crippen molar-refractivity contribution in [2.45, 2.75) is 45.2 Å². The fraction of sp³-hybridized carbons (Fsp3) is 0.267. The minimum Gasteiger partial charge on any atom is -0.462 e. The monoisotopic (exact) mass is 545 g/mol. The predicted molar refractivity (Wildman–Crippen MR) is 151 cm³/mol. The molecule has 6 nitrogen and oxygen atoms in total. The number of rotatable bonds is 4. The maximum absolute atomic E-state index is 14.1. The number of amides is 2. The molecule has 1 aliphatic heterocycles. The molecule has 3 heterocycles. The van der Waals surface area contributed by atoms with E-state index >= 15 is 0 Å². The van der Waals surface area contributed by atoms with E-state index in [0.29, 0.717) is 22.8 Å². The van der Waals surface area contributed by atoms with E-state index in [2.05, 4.69) is 22.1 Å². The van der Waals surface area contributed by atoms with Crippen molar-refractivity contribution < 1.29 is 14.3 Å². The van der Waals surface area contributed by atoms with Gasteiger partial charge in [0, 0.05) is 27.3 Å². The molecule has 0 unspecified atom stereocenters. The number of fused-ring (bicyclic) bond motifs is 5. The van der Waals surface area contributed by atoms with Gasteiger partial charge in [0.1, 0.15) is 5.00 Å². The molecule has 2 aromatic heterocycles. The number of aryl methyl sites for hydroxylation is 1. The highest BCUT2D eigenvalue weighted by molar-refractivity contribution is 7.15. The summed E-state index contributed by atoms with van der Waals surface area (Å²) in [6, 6.07) is 18.1. The van der Waals surface area contributed by atoms with Crippen LogP contribution >= 0.6 is 22.9 Å². The van der Waals surface area contributed by atoms with E-state index in [-0.39, 0.29) is 18.7 Å². The maximum atomic E-state index is 14.1. The molecule has 2 aromatic carbocycles. The van der Waals surface area contributed by atoms with Gasteiger partial charge in [-0.15, -0.1) is 11.3 Å². The zero-order valence-corrected chi connectivity index (χ0v) is 22.6. The van der Waals surface area contributed by atoms with Crippen molar-refractivity contribution >= 4 is 40.6 Å². The molecule has 1 N–H and O–H groups in total. The molecule has 0 saturated heterocycles. The first-order valence-corrected chi connectivity index (χ1v) is 14.1. The quantitative estimate of drug-likeness (QED) is 0.272. The van der Waals surface area contributed by atoms with Gasteiger partial charge in [-0.05, 0) is 86.2 Å². The van der Waals surface area contributed by atoms with Crippen LogP contribution in [-0.4, -0.2) is 28.1 Å². The van der Waals surface area contributed by atoms with Crippen molar-refractivity contribution in [2.75, 3.05) is 11.9 Å². The number of hydrogen-bond donors (Lipinski definition) is 1. The van der Waals surface area contributed by atoms with Gasteiger partial charge in [0.2, 0.25) is 0 Å². The Hall–Kier alpha value is -3.55. The Labute approximate surface area is 230 Å². The number of benzene rings is 2. The molecule has 1 atom stereocenters. The van der Waals surface area contributed by atoms with Crippen LogP contribution in [0.15, 0.2) is 66.9 Å². The number of hydrogen-bond acceptors (Lipinski definition) is 4. The lowest BCUT2D eigenvalue weighted by atomic mass is 9.95. The Balaban J connectivity index is 1.44. The topological polar surface area (TPSA) is 63.6 Å². The van der Waals surface area contributed by atoms with Crippen molar-refractivity contribution in [3.05, 3.63) is 105 Å². The standard InChI is InChI=1S/C30H28ClN3O3S/c1-2-37-29(35)20-9-6-11-22(17-20)32-30(36)34-18-24-23-12-3-4-14-26(23)38-28(24)33-15-7-13-25(33)27(34)19-8-5-10-21(31)16-19/h5-11,13,15-17,27H,2-4,12,14,18H2,1H3,(H,32,36)/t27-/m0/s1. The summed E-state index contributed by atoms with van der Waals surface area (Å²) in [4.78, 5) is 29.7. The third-order valence-corrected chi connectivity index (χ3v) is 8.80. The van der Waals surface area contributed by atoms with Crippen LogP contribution in [0.5, 0.6) is 0 Å². The first-order valence-electron chi connectivity index (χ1n) is 12.9. The smallest absolute Gasteiger partial charge is 0.338 e. The van der Waals surface area contributed by atoms with E-state index in [1.54, 1.807) is 31.2 Å². The molecule has 0 bridgehead atoms. The molecule has 0 radical (unpaired) electrons. The number of urea groups is 1. The highest BCUT2D eigenvalue weighted by atomic mass is 35.5. The number of anilines is 1. The summed E-state index contributed by atoms with van der Waals surface area (Å²) in [6.45, 7) is 2.53. The highest BCUT2D eigenvalue weighted by Crippen LogP contribution is 2.44. The van der Waals surface area contributed by atoms with Crippen LogP contribution in [0.3, 0.4) is 0 Å². The maximum Gasteiger partial charge on any atom is 0.338 e. The van der Waals surface area contributed by atoms with Crippen LogP contribution < -0.4 is 5.32 Å². The number of thiophene rings is 1. The van der Waals surface area contributed by atoms with Crippen LogP contribution in [-0.2, 0) is 24.1 Å². The molecule has 0 saturated carbocycles. The number of ether oxygens (including phenoxy) is 1. The van der Waals surface area contributed by atoms with Gasteiger partial charge in [0.25, 0.3) is 0 Å². The number of carbonyl (C=O) groups is 2. The molecule has 6 rings (SSSR count). The zero-order chi connectivity index (χ0) is 26.2. The van der Waals surface area contributed by atoms with Crippen molar-refractivity contribution in [2.24, 2.45) is 0 Å². The number of aromatic nitrogens is 1. The lowest BCUT2D eigenvalue weighted by molar-refractivity contribution is 0.0526. The second-order valence-corrected chi connectivity index (χ2v) is 11.1. The predicted octanol–water partition coefficient (Wildman–Crippen LogP) is 7.38. The second kappa shape index (κ2) is 10.3. The van der Waals surface area contributed by atoms with Crippen LogP contribution in [0.1, 0.15) is 63.4 Å². The third-order valence-electron chi connectivity index (χ3n) is 7.23. The van der Waals surface area contributed by atoms with E-state index in [0.717, 1.165) is 24.1 Å². The van der Waals surface area contributed by atoms with Crippen LogP contribution in [0.2, 0.25) is 5.02 Å².